The summed E-state index contributed by atoms with van der Waals surface area (Å²) in [4.78, 5) is 9.28. The van der Waals surface area contributed by atoms with E-state index in [1.807, 2.05) is 38.2 Å². The Morgan fingerprint density at radius 3 is 2.69 bits per heavy atom. The molecule has 0 fully saturated rings. The molecule has 1 N–H and O–H groups in total. The van der Waals surface area contributed by atoms with E-state index in [-0.39, 0.29) is 0 Å². The Morgan fingerprint density at radius 1 is 1.62 bits per heavy atom. The van der Waals surface area contributed by atoms with Crippen LogP contribution in [0.2, 0.25) is 0 Å². The van der Waals surface area contributed by atoms with Gasteiger partial charge in [-0.05, 0) is 13.0 Å². The normalized spacial score (nSPS) is 13.5. The zero-order valence-electron chi connectivity index (χ0n) is 8.33. The fourth-order valence-corrected chi connectivity index (χ4v) is 1.16. The van der Waals surface area contributed by atoms with Crippen LogP contribution >= 0.6 is 0 Å². The minimum atomic E-state index is 0.898. The maximum absolute atomic E-state index is 4.28. The van der Waals surface area contributed by atoms with Crippen molar-refractivity contribution < 1.29 is 0 Å². The topological polar surface area (TPSA) is 31.4 Å². The van der Waals surface area contributed by atoms with Gasteiger partial charge in [0.15, 0.2) is 0 Å². The standard InChI is InChI=1S/C10H15N3/c1-5-11-10(13(3)4)9-6-7-12-8(9)2/h5-7,12H,2H2,1,3-4H3/b10-9+,11-5-. The van der Waals surface area contributed by atoms with Crippen LogP contribution in [-0.2, 0) is 0 Å². The van der Waals surface area contributed by atoms with Crippen molar-refractivity contribution in [2.24, 2.45) is 4.99 Å². The molecule has 13 heavy (non-hydrogen) atoms. The van der Waals surface area contributed by atoms with E-state index in [4.69, 9.17) is 0 Å². The predicted molar refractivity (Wildman–Crippen MR) is 56.8 cm³/mol. The zero-order chi connectivity index (χ0) is 9.84. The van der Waals surface area contributed by atoms with Gasteiger partial charge in [0.05, 0.1) is 0 Å². The second-order valence-electron chi connectivity index (χ2n) is 2.98. The summed E-state index contributed by atoms with van der Waals surface area (Å²) >= 11 is 0. The Labute approximate surface area is 78.1 Å². The fourth-order valence-electron chi connectivity index (χ4n) is 1.16. The van der Waals surface area contributed by atoms with Crippen molar-refractivity contribution in [1.82, 2.24) is 9.88 Å². The molecule has 0 saturated heterocycles. The second-order valence-corrected chi connectivity index (χ2v) is 2.98. The molecule has 0 radical (unpaired) electrons. The van der Waals surface area contributed by atoms with Gasteiger partial charge in [-0.15, -0.1) is 0 Å². The first-order valence-electron chi connectivity index (χ1n) is 4.19. The maximum atomic E-state index is 4.28. The molecule has 0 aliphatic carbocycles. The lowest BCUT2D eigenvalue weighted by Gasteiger charge is -2.11. The van der Waals surface area contributed by atoms with Crippen molar-refractivity contribution in [3.63, 3.8) is 0 Å². The van der Waals surface area contributed by atoms with Crippen LogP contribution in [-0.4, -0.2) is 30.2 Å². The molecule has 1 heterocycles. The molecule has 1 aromatic rings. The summed E-state index contributed by atoms with van der Waals surface area (Å²) in [5.74, 6) is 0.925. The van der Waals surface area contributed by atoms with Gasteiger partial charge in [-0.2, -0.15) is 0 Å². The Morgan fingerprint density at radius 2 is 2.31 bits per heavy atom. The fraction of sp³-hybridized carbons (Fsp3) is 0.300. The average Bonchev–Trinajstić information content (AvgIpc) is 2.47. The van der Waals surface area contributed by atoms with Crippen molar-refractivity contribution in [3.8, 4) is 0 Å². The first-order chi connectivity index (χ1) is 6.16. The van der Waals surface area contributed by atoms with E-state index in [0.29, 0.717) is 0 Å². The summed E-state index contributed by atoms with van der Waals surface area (Å²) in [6.45, 7) is 5.79. The molecule has 0 aliphatic rings. The Hall–Kier alpha value is -1.51. The van der Waals surface area contributed by atoms with E-state index in [9.17, 15) is 0 Å². The summed E-state index contributed by atoms with van der Waals surface area (Å²) in [6.07, 6.45) is 3.65. The van der Waals surface area contributed by atoms with Crippen LogP contribution in [0.1, 0.15) is 6.92 Å². The highest BCUT2D eigenvalue weighted by atomic mass is 15.2. The Bertz CT molecular complexity index is 398. The molecule has 0 unspecified atom stereocenters. The SMILES string of the molecule is C=c1[nH]cc/c1=C(/N=C\C)N(C)C. The largest absolute Gasteiger partial charge is 0.362 e. The minimum Gasteiger partial charge on any atom is -0.362 e. The molecule has 70 valence electrons. The number of H-pyrrole nitrogens is 1. The van der Waals surface area contributed by atoms with Crippen LogP contribution in [0.3, 0.4) is 0 Å². The third-order valence-corrected chi connectivity index (χ3v) is 1.75. The lowest BCUT2D eigenvalue weighted by molar-refractivity contribution is 0.576. The molecule has 1 aromatic heterocycles. The van der Waals surface area contributed by atoms with Crippen LogP contribution in [0, 0.1) is 0 Å². The van der Waals surface area contributed by atoms with Gasteiger partial charge in [-0.25, -0.2) is 4.99 Å². The third kappa shape index (κ3) is 1.99. The first-order valence-corrected chi connectivity index (χ1v) is 4.19. The molecule has 0 spiro atoms. The number of rotatable bonds is 2. The lowest BCUT2D eigenvalue weighted by Crippen LogP contribution is -2.28. The summed E-state index contributed by atoms with van der Waals surface area (Å²) < 4.78 is 0. The molecule has 0 aliphatic heterocycles. The highest BCUT2D eigenvalue weighted by molar-refractivity contribution is 5.62. The summed E-state index contributed by atoms with van der Waals surface area (Å²) in [6, 6.07) is 1.98. The van der Waals surface area contributed by atoms with Crippen molar-refractivity contribution >= 4 is 18.6 Å². The van der Waals surface area contributed by atoms with E-state index < -0.39 is 0 Å². The minimum absolute atomic E-state index is 0.898. The molecule has 3 nitrogen and oxygen atoms in total. The van der Waals surface area contributed by atoms with Gasteiger partial charge in [0.25, 0.3) is 0 Å². The summed E-state index contributed by atoms with van der Waals surface area (Å²) in [5, 5.41) is 1.94. The van der Waals surface area contributed by atoms with Crippen LogP contribution < -0.4 is 10.6 Å². The quantitative estimate of drug-likeness (QED) is 0.640. The third-order valence-electron chi connectivity index (χ3n) is 1.75. The van der Waals surface area contributed by atoms with Crippen LogP contribution in [0.25, 0.3) is 12.4 Å². The monoisotopic (exact) mass is 177 g/mol. The Balaban J connectivity index is 3.43. The van der Waals surface area contributed by atoms with Gasteiger partial charge in [0.2, 0.25) is 0 Å². The molecule has 0 amide bonds. The van der Waals surface area contributed by atoms with Gasteiger partial charge < -0.3 is 9.88 Å². The number of aromatic nitrogens is 1. The smallest absolute Gasteiger partial charge is 0.137 e. The predicted octanol–water partition coefficient (Wildman–Crippen LogP) is 0.143. The van der Waals surface area contributed by atoms with Crippen molar-refractivity contribution in [2.75, 3.05) is 14.1 Å². The number of nitrogens with one attached hydrogen (secondary N) is 1. The molecule has 0 saturated carbocycles. The number of hydrogen-bond acceptors (Lipinski definition) is 2. The second kappa shape index (κ2) is 3.94. The van der Waals surface area contributed by atoms with Crippen molar-refractivity contribution in [2.45, 2.75) is 6.92 Å². The van der Waals surface area contributed by atoms with Crippen LogP contribution in [0.15, 0.2) is 17.3 Å². The number of hydrogen-bond donors (Lipinski definition) is 1. The lowest BCUT2D eigenvalue weighted by atomic mass is 10.4. The van der Waals surface area contributed by atoms with E-state index in [1.54, 1.807) is 6.21 Å². The Kier molecular flexibility index (Phi) is 2.90. The molecular formula is C10H15N3. The summed E-state index contributed by atoms with van der Waals surface area (Å²) in [5.41, 5.74) is 0. The molecule has 3 heteroatoms. The maximum Gasteiger partial charge on any atom is 0.137 e. The molecular weight excluding hydrogens is 162 g/mol. The average molecular weight is 177 g/mol. The van der Waals surface area contributed by atoms with E-state index in [1.165, 1.54) is 0 Å². The van der Waals surface area contributed by atoms with Gasteiger partial charge in [-0.3, -0.25) is 0 Å². The van der Waals surface area contributed by atoms with Crippen molar-refractivity contribution in [1.29, 1.82) is 0 Å². The van der Waals surface area contributed by atoms with E-state index in [2.05, 4.69) is 16.6 Å². The molecule has 0 aromatic carbocycles. The van der Waals surface area contributed by atoms with Crippen molar-refractivity contribution in [3.05, 3.63) is 22.8 Å². The van der Waals surface area contributed by atoms with Gasteiger partial charge >= 0.3 is 0 Å². The zero-order valence-corrected chi connectivity index (χ0v) is 8.33. The summed E-state index contributed by atoms with van der Waals surface area (Å²) in [7, 11) is 3.93. The molecule has 0 bridgehead atoms. The molecule has 0 atom stereocenters. The number of aliphatic imine (C=N–C) groups is 1. The van der Waals surface area contributed by atoms with Gasteiger partial charge in [0, 0.05) is 37.1 Å². The first kappa shape index (κ1) is 9.58. The van der Waals surface area contributed by atoms with E-state index >= 15 is 0 Å². The number of aromatic amines is 1. The number of nitrogens with zero attached hydrogens (tertiary/aromatic N) is 2. The van der Waals surface area contributed by atoms with Crippen LogP contribution in [0.5, 0.6) is 0 Å². The van der Waals surface area contributed by atoms with Crippen LogP contribution in [0.4, 0.5) is 0 Å². The highest BCUT2D eigenvalue weighted by Gasteiger charge is 1.98. The highest BCUT2D eigenvalue weighted by Crippen LogP contribution is 1.96. The van der Waals surface area contributed by atoms with Gasteiger partial charge in [-0.1, -0.05) is 6.58 Å². The molecule has 1 rings (SSSR count). The van der Waals surface area contributed by atoms with Gasteiger partial charge in [0.1, 0.15) is 5.82 Å². The van der Waals surface area contributed by atoms with E-state index in [0.717, 1.165) is 16.4 Å².